The molecule has 3 heteroatoms. The maximum absolute atomic E-state index is 13.8. The molecule has 3 rings (SSSR count). The average Bonchev–Trinajstić information content (AvgIpc) is 3.32. The number of halogens is 1. The summed E-state index contributed by atoms with van der Waals surface area (Å²) in [5.74, 6) is 0.605. The van der Waals surface area contributed by atoms with Gasteiger partial charge in [-0.25, -0.2) is 4.39 Å². The van der Waals surface area contributed by atoms with Crippen LogP contribution in [-0.2, 0) is 11.3 Å². The Bertz CT molecular complexity index is 624. The molecular weight excluding hydrogens is 277 g/mol. The van der Waals surface area contributed by atoms with Crippen LogP contribution in [0.15, 0.2) is 48.5 Å². The molecular formula is C19H22FNO. The van der Waals surface area contributed by atoms with Crippen LogP contribution in [0.2, 0.25) is 0 Å². The molecule has 116 valence electrons. The summed E-state index contributed by atoms with van der Waals surface area (Å²) in [7, 11) is 0. The fourth-order valence-electron chi connectivity index (χ4n) is 2.53. The minimum absolute atomic E-state index is 0.0798. The first-order chi connectivity index (χ1) is 10.7. The van der Waals surface area contributed by atoms with E-state index in [-0.39, 0.29) is 11.9 Å². The van der Waals surface area contributed by atoms with E-state index in [1.807, 2.05) is 31.2 Å². The van der Waals surface area contributed by atoms with Crippen molar-refractivity contribution in [1.82, 2.24) is 0 Å². The molecule has 0 saturated heterocycles. The van der Waals surface area contributed by atoms with Gasteiger partial charge in [0.2, 0.25) is 0 Å². The molecule has 1 unspecified atom stereocenters. The molecule has 22 heavy (non-hydrogen) atoms. The number of ether oxygens (including phenoxy) is 1. The molecule has 1 saturated carbocycles. The van der Waals surface area contributed by atoms with Crippen LogP contribution in [0.5, 0.6) is 0 Å². The van der Waals surface area contributed by atoms with E-state index < -0.39 is 0 Å². The largest absolute Gasteiger partial charge is 0.378 e. The number of benzene rings is 2. The highest BCUT2D eigenvalue weighted by Gasteiger charge is 2.21. The van der Waals surface area contributed by atoms with Gasteiger partial charge in [0.1, 0.15) is 5.82 Å². The van der Waals surface area contributed by atoms with Crippen LogP contribution in [0.25, 0.3) is 0 Å². The van der Waals surface area contributed by atoms with Crippen molar-refractivity contribution in [3.63, 3.8) is 0 Å². The van der Waals surface area contributed by atoms with Crippen molar-refractivity contribution in [2.24, 2.45) is 5.92 Å². The van der Waals surface area contributed by atoms with Gasteiger partial charge in [-0.15, -0.1) is 0 Å². The molecule has 0 aliphatic heterocycles. The molecule has 0 spiro atoms. The second kappa shape index (κ2) is 6.93. The standard InChI is InChI=1S/C19H22FNO/c1-14(18-7-2-3-8-19(18)20)21-17-6-4-5-16(11-17)13-22-12-15-9-10-15/h2-8,11,14-15,21H,9-10,12-13H2,1H3. The van der Waals surface area contributed by atoms with Gasteiger partial charge >= 0.3 is 0 Å². The van der Waals surface area contributed by atoms with E-state index in [0.717, 1.165) is 23.8 Å². The Morgan fingerprint density at radius 3 is 2.77 bits per heavy atom. The quantitative estimate of drug-likeness (QED) is 0.783. The van der Waals surface area contributed by atoms with E-state index >= 15 is 0 Å². The number of rotatable bonds is 7. The predicted molar refractivity (Wildman–Crippen MR) is 87.3 cm³/mol. The van der Waals surface area contributed by atoms with Crippen molar-refractivity contribution < 1.29 is 9.13 Å². The van der Waals surface area contributed by atoms with Crippen molar-refractivity contribution >= 4 is 5.69 Å². The first-order valence-corrected chi connectivity index (χ1v) is 7.90. The zero-order chi connectivity index (χ0) is 15.4. The van der Waals surface area contributed by atoms with Crippen LogP contribution in [-0.4, -0.2) is 6.61 Å². The minimum Gasteiger partial charge on any atom is -0.378 e. The molecule has 1 atom stereocenters. The van der Waals surface area contributed by atoms with Crippen LogP contribution in [0, 0.1) is 11.7 Å². The van der Waals surface area contributed by atoms with Crippen LogP contribution in [0.4, 0.5) is 10.1 Å². The number of hydrogen-bond donors (Lipinski definition) is 1. The zero-order valence-electron chi connectivity index (χ0n) is 12.9. The van der Waals surface area contributed by atoms with E-state index in [2.05, 4.69) is 17.4 Å². The van der Waals surface area contributed by atoms with Crippen molar-refractivity contribution in [2.75, 3.05) is 11.9 Å². The SMILES string of the molecule is CC(Nc1cccc(COCC2CC2)c1)c1ccccc1F. The smallest absolute Gasteiger partial charge is 0.128 e. The summed E-state index contributed by atoms with van der Waals surface area (Å²) in [5, 5.41) is 3.36. The fraction of sp³-hybridized carbons (Fsp3) is 0.368. The van der Waals surface area contributed by atoms with Gasteiger partial charge in [0.05, 0.1) is 12.6 Å². The lowest BCUT2D eigenvalue weighted by molar-refractivity contribution is 0.111. The Balaban J connectivity index is 1.60. The number of anilines is 1. The van der Waals surface area contributed by atoms with E-state index in [9.17, 15) is 4.39 Å². The third kappa shape index (κ3) is 4.08. The molecule has 2 nitrogen and oxygen atoms in total. The van der Waals surface area contributed by atoms with Gasteiger partial charge in [-0.1, -0.05) is 30.3 Å². The zero-order valence-corrected chi connectivity index (χ0v) is 12.9. The van der Waals surface area contributed by atoms with Crippen molar-refractivity contribution in [2.45, 2.75) is 32.4 Å². The highest BCUT2D eigenvalue weighted by Crippen LogP contribution is 2.29. The van der Waals surface area contributed by atoms with Crippen LogP contribution in [0.1, 0.15) is 36.9 Å². The molecule has 1 aliphatic rings. The van der Waals surface area contributed by atoms with Crippen LogP contribution >= 0.6 is 0 Å². The van der Waals surface area contributed by atoms with E-state index in [0.29, 0.717) is 12.2 Å². The molecule has 0 bridgehead atoms. The molecule has 0 radical (unpaired) electrons. The first-order valence-electron chi connectivity index (χ1n) is 7.90. The fourth-order valence-corrected chi connectivity index (χ4v) is 2.53. The van der Waals surface area contributed by atoms with Gasteiger partial charge in [-0.2, -0.15) is 0 Å². The lowest BCUT2D eigenvalue weighted by atomic mass is 10.1. The van der Waals surface area contributed by atoms with Gasteiger partial charge in [0, 0.05) is 17.9 Å². The number of hydrogen-bond acceptors (Lipinski definition) is 2. The van der Waals surface area contributed by atoms with Gasteiger partial charge < -0.3 is 10.1 Å². The van der Waals surface area contributed by atoms with Crippen molar-refractivity contribution in [3.05, 3.63) is 65.5 Å². The molecule has 0 amide bonds. The second-order valence-corrected chi connectivity index (χ2v) is 6.05. The summed E-state index contributed by atoms with van der Waals surface area (Å²) < 4.78 is 19.5. The summed E-state index contributed by atoms with van der Waals surface area (Å²) in [4.78, 5) is 0. The summed E-state index contributed by atoms with van der Waals surface area (Å²) in [5.41, 5.74) is 2.81. The van der Waals surface area contributed by atoms with Gasteiger partial charge in [-0.3, -0.25) is 0 Å². The third-order valence-corrected chi connectivity index (χ3v) is 4.00. The van der Waals surface area contributed by atoms with Gasteiger partial charge in [0.15, 0.2) is 0 Å². The maximum atomic E-state index is 13.8. The molecule has 1 aliphatic carbocycles. The topological polar surface area (TPSA) is 21.3 Å². The molecule has 1 fully saturated rings. The summed E-state index contributed by atoms with van der Waals surface area (Å²) in [6, 6.07) is 14.9. The summed E-state index contributed by atoms with van der Waals surface area (Å²) in [6.45, 7) is 3.47. The lowest BCUT2D eigenvalue weighted by Gasteiger charge is -2.17. The number of nitrogens with one attached hydrogen (secondary N) is 1. The van der Waals surface area contributed by atoms with E-state index in [4.69, 9.17) is 4.74 Å². The normalized spacial score (nSPS) is 15.5. The van der Waals surface area contributed by atoms with E-state index in [1.165, 1.54) is 18.9 Å². The minimum atomic E-state index is -0.175. The van der Waals surface area contributed by atoms with Crippen molar-refractivity contribution in [3.8, 4) is 0 Å². The van der Waals surface area contributed by atoms with Crippen LogP contribution < -0.4 is 5.32 Å². The highest BCUT2D eigenvalue weighted by atomic mass is 19.1. The molecule has 0 aromatic heterocycles. The van der Waals surface area contributed by atoms with Gasteiger partial charge in [-0.05, 0) is 49.4 Å². The van der Waals surface area contributed by atoms with Crippen molar-refractivity contribution in [1.29, 1.82) is 0 Å². The van der Waals surface area contributed by atoms with Crippen LogP contribution in [0.3, 0.4) is 0 Å². The summed E-state index contributed by atoms with van der Waals surface area (Å²) in [6.07, 6.45) is 2.61. The van der Waals surface area contributed by atoms with E-state index in [1.54, 1.807) is 6.07 Å². The lowest BCUT2D eigenvalue weighted by Crippen LogP contribution is -2.08. The molecule has 0 heterocycles. The Hall–Kier alpha value is -1.87. The maximum Gasteiger partial charge on any atom is 0.128 e. The summed E-state index contributed by atoms with van der Waals surface area (Å²) >= 11 is 0. The Morgan fingerprint density at radius 2 is 2.00 bits per heavy atom. The Kier molecular flexibility index (Phi) is 4.74. The molecule has 2 aromatic rings. The molecule has 1 N–H and O–H groups in total. The monoisotopic (exact) mass is 299 g/mol. The average molecular weight is 299 g/mol. The predicted octanol–water partition coefficient (Wildman–Crippen LogP) is 4.93. The van der Waals surface area contributed by atoms with Gasteiger partial charge in [0.25, 0.3) is 0 Å². The third-order valence-electron chi connectivity index (χ3n) is 4.00. The first kappa shape index (κ1) is 15.0. The Labute approximate surface area is 131 Å². The Morgan fingerprint density at radius 1 is 1.18 bits per heavy atom. The highest BCUT2D eigenvalue weighted by molar-refractivity contribution is 5.47. The second-order valence-electron chi connectivity index (χ2n) is 6.05. The molecule has 2 aromatic carbocycles.